The van der Waals surface area contributed by atoms with Crippen LogP contribution in [-0.2, 0) is 21.4 Å². The average molecular weight is 376 g/mol. The molecule has 1 atom stereocenters. The summed E-state index contributed by atoms with van der Waals surface area (Å²) in [6.07, 6.45) is 1.45. The number of methoxy groups -OCH3 is 1. The van der Waals surface area contributed by atoms with E-state index in [0.29, 0.717) is 17.9 Å². The van der Waals surface area contributed by atoms with Crippen LogP contribution in [0.2, 0.25) is 0 Å². The molecule has 2 aromatic carbocycles. The van der Waals surface area contributed by atoms with Gasteiger partial charge in [-0.1, -0.05) is 43.3 Å². The fourth-order valence-corrected chi connectivity index (χ4v) is 4.00. The number of nitrogens with one attached hydrogen (secondary N) is 1. The highest BCUT2D eigenvalue weighted by atomic mass is 32.2. The lowest BCUT2D eigenvalue weighted by molar-refractivity contribution is -0.122. The molecule has 1 N–H and O–H groups in total. The van der Waals surface area contributed by atoms with E-state index >= 15 is 0 Å². The number of rotatable bonds is 8. The van der Waals surface area contributed by atoms with Crippen LogP contribution in [0.3, 0.4) is 0 Å². The van der Waals surface area contributed by atoms with Gasteiger partial charge in [-0.3, -0.25) is 9.10 Å². The van der Waals surface area contributed by atoms with E-state index in [1.807, 2.05) is 24.3 Å². The van der Waals surface area contributed by atoms with Crippen molar-refractivity contribution in [1.82, 2.24) is 5.32 Å². The van der Waals surface area contributed by atoms with Gasteiger partial charge in [0.2, 0.25) is 15.9 Å². The number of ether oxygens (including phenoxy) is 1. The lowest BCUT2D eigenvalue weighted by Gasteiger charge is -2.30. The third kappa shape index (κ3) is 4.76. The van der Waals surface area contributed by atoms with E-state index in [0.717, 1.165) is 11.8 Å². The summed E-state index contributed by atoms with van der Waals surface area (Å²) in [6, 6.07) is 15.2. The first kappa shape index (κ1) is 19.8. The number of carbonyl (C=O) groups excluding carboxylic acids is 1. The van der Waals surface area contributed by atoms with E-state index in [1.165, 1.54) is 4.31 Å². The van der Waals surface area contributed by atoms with Gasteiger partial charge >= 0.3 is 0 Å². The molecular weight excluding hydrogens is 352 g/mol. The zero-order valence-electron chi connectivity index (χ0n) is 15.2. The summed E-state index contributed by atoms with van der Waals surface area (Å²) in [5.41, 5.74) is 1.29. The van der Waals surface area contributed by atoms with Crippen molar-refractivity contribution in [3.05, 3.63) is 60.2 Å². The predicted molar refractivity (Wildman–Crippen MR) is 103 cm³/mol. The Balaban J connectivity index is 2.23. The Morgan fingerprint density at radius 3 is 2.31 bits per heavy atom. The van der Waals surface area contributed by atoms with Crippen molar-refractivity contribution >= 4 is 21.6 Å². The Bertz CT molecular complexity index is 838. The summed E-state index contributed by atoms with van der Waals surface area (Å²) in [7, 11) is -2.06. The molecule has 0 aliphatic carbocycles. The number of para-hydroxylation sites is 2. The Hall–Kier alpha value is -2.54. The number of anilines is 1. The molecule has 140 valence electrons. The number of sulfonamides is 1. The van der Waals surface area contributed by atoms with Crippen LogP contribution in [0, 0.1) is 0 Å². The monoisotopic (exact) mass is 376 g/mol. The van der Waals surface area contributed by atoms with Crippen LogP contribution in [-0.4, -0.2) is 33.7 Å². The van der Waals surface area contributed by atoms with Gasteiger partial charge < -0.3 is 10.1 Å². The van der Waals surface area contributed by atoms with Crippen molar-refractivity contribution in [1.29, 1.82) is 0 Å². The molecule has 0 radical (unpaired) electrons. The second-order valence-corrected chi connectivity index (χ2v) is 7.71. The number of carbonyl (C=O) groups is 1. The van der Waals surface area contributed by atoms with Crippen molar-refractivity contribution in [3.63, 3.8) is 0 Å². The number of amides is 1. The largest absolute Gasteiger partial charge is 0.496 e. The average Bonchev–Trinajstić information content (AvgIpc) is 2.63. The number of nitrogens with zero attached hydrogens (tertiary/aromatic N) is 1. The minimum absolute atomic E-state index is 0.256. The smallest absolute Gasteiger partial charge is 0.244 e. The zero-order valence-corrected chi connectivity index (χ0v) is 16.0. The fraction of sp³-hybridized carbons (Fsp3) is 0.316. The minimum atomic E-state index is -3.62. The summed E-state index contributed by atoms with van der Waals surface area (Å²) >= 11 is 0. The lowest BCUT2D eigenvalue weighted by Crippen LogP contribution is -2.49. The molecule has 0 aliphatic rings. The number of hydrogen-bond donors (Lipinski definition) is 1. The van der Waals surface area contributed by atoms with Gasteiger partial charge in [-0.15, -0.1) is 0 Å². The van der Waals surface area contributed by atoms with Crippen LogP contribution in [0.1, 0.15) is 18.9 Å². The van der Waals surface area contributed by atoms with Gasteiger partial charge in [-0.25, -0.2) is 8.42 Å². The first-order valence-electron chi connectivity index (χ1n) is 8.32. The molecule has 0 aliphatic heterocycles. The van der Waals surface area contributed by atoms with Crippen LogP contribution < -0.4 is 14.4 Å². The van der Waals surface area contributed by atoms with Gasteiger partial charge in [0.1, 0.15) is 11.8 Å². The Morgan fingerprint density at radius 2 is 1.73 bits per heavy atom. The summed E-state index contributed by atoms with van der Waals surface area (Å²) in [5, 5.41) is 2.82. The van der Waals surface area contributed by atoms with Gasteiger partial charge in [0.25, 0.3) is 0 Å². The Labute approximate surface area is 154 Å². The zero-order chi connectivity index (χ0) is 19.2. The van der Waals surface area contributed by atoms with Gasteiger partial charge in [-0.05, 0) is 24.6 Å². The molecule has 0 fully saturated rings. The molecule has 0 aromatic heterocycles. The van der Waals surface area contributed by atoms with E-state index in [1.54, 1.807) is 44.4 Å². The first-order chi connectivity index (χ1) is 12.4. The maximum Gasteiger partial charge on any atom is 0.244 e. The van der Waals surface area contributed by atoms with Gasteiger partial charge in [0.05, 0.1) is 19.1 Å². The van der Waals surface area contributed by atoms with E-state index < -0.39 is 16.1 Å². The molecule has 0 heterocycles. The third-order valence-corrected chi connectivity index (χ3v) is 5.17. The summed E-state index contributed by atoms with van der Waals surface area (Å²) in [5.74, 6) is 0.316. The third-order valence-electron chi connectivity index (χ3n) is 3.99. The Morgan fingerprint density at radius 1 is 1.12 bits per heavy atom. The number of benzene rings is 2. The molecule has 1 amide bonds. The molecule has 2 aromatic rings. The molecule has 0 spiro atoms. The van der Waals surface area contributed by atoms with Crippen molar-refractivity contribution in [2.45, 2.75) is 25.9 Å². The van der Waals surface area contributed by atoms with Gasteiger partial charge in [0.15, 0.2) is 0 Å². The van der Waals surface area contributed by atoms with E-state index in [-0.39, 0.29) is 12.5 Å². The Kier molecular flexibility index (Phi) is 6.63. The van der Waals surface area contributed by atoms with E-state index in [9.17, 15) is 13.2 Å². The molecule has 6 nitrogen and oxygen atoms in total. The highest BCUT2D eigenvalue weighted by molar-refractivity contribution is 7.92. The second kappa shape index (κ2) is 8.71. The summed E-state index contributed by atoms with van der Waals surface area (Å²) in [4.78, 5) is 12.8. The van der Waals surface area contributed by atoms with Crippen molar-refractivity contribution in [2.75, 3.05) is 17.7 Å². The maximum atomic E-state index is 12.8. The van der Waals surface area contributed by atoms with Gasteiger partial charge in [-0.2, -0.15) is 0 Å². The molecule has 7 heteroatoms. The fourth-order valence-electron chi connectivity index (χ4n) is 2.78. The van der Waals surface area contributed by atoms with Crippen LogP contribution in [0.25, 0.3) is 0 Å². The van der Waals surface area contributed by atoms with E-state index in [4.69, 9.17) is 4.74 Å². The highest BCUT2D eigenvalue weighted by Gasteiger charge is 2.31. The maximum absolute atomic E-state index is 12.8. The minimum Gasteiger partial charge on any atom is -0.496 e. The highest BCUT2D eigenvalue weighted by Crippen LogP contribution is 2.22. The van der Waals surface area contributed by atoms with Crippen molar-refractivity contribution < 1.29 is 17.9 Å². The second-order valence-electron chi connectivity index (χ2n) is 5.85. The molecule has 2 rings (SSSR count). The van der Waals surface area contributed by atoms with Crippen LogP contribution in [0.15, 0.2) is 54.6 Å². The quantitative estimate of drug-likeness (QED) is 0.768. The molecule has 26 heavy (non-hydrogen) atoms. The van der Waals surface area contributed by atoms with Crippen LogP contribution >= 0.6 is 0 Å². The molecule has 0 saturated carbocycles. The standard InChI is InChI=1S/C19H24N2O4S/c1-4-17(21(26(3,23)24)16-11-6-5-7-12-16)19(22)20-14-15-10-8-9-13-18(15)25-2/h5-13,17H,4,14H2,1-3H3,(H,20,22). The first-order valence-corrected chi connectivity index (χ1v) is 10.2. The molecule has 0 saturated heterocycles. The number of hydrogen-bond acceptors (Lipinski definition) is 4. The normalized spacial score (nSPS) is 12.3. The summed E-state index contributed by atoms with van der Waals surface area (Å²) < 4.78 is 31.1. The predicted octanol–water partition coefficient (Wildman–Crippen LogP) is 2.56. The molecule has 0 bridgehead atoms. The van der Waals surface area contributed by atoms with Gasteiger partial charge in [0, 0.05) is 12.1 Å². The van der Waals surface area contributed by atoms with Crippen molar-refractivity contribution in [2.24, 2.45) is 0 Å². The molecular formula is C19H24N2O4S. The SMILES string of the molecule is CCC(C(=O)NCc1ccccc1OC)N(c1ccccc1)S(C)(=O)=O. The summed E-state index contributed by atoms with van der Waals surface area (Å²) in [6.45, 7) is 2.04. The molecule has 1 unspecified atom stereocenters. The van der Waals surface area contributed by atoms with Crippen LogP contribution in [0.4, 0.5) is 5.69 Å². The topological polar surface area (TPSA) is 75.7 Å². The van der Waals surface area contributed by atoms with Crippen LogP contribution in [0.5, 0.6) is 5.75 Å². The van der Waals surface area contributed by atoms with Crippen molar-refractivity contribution in [3.8, 4) is 5.75 Å². The van der Waals surface area contributed by atoms with E-state index in [2.05, 4.69) is 5.32 Å². The lowest BCUT2D eigenvalue weighted by atomic mass is 10.1.